The van der Waals surface area contributed by atoms with Crippen molar-refractivity contribution in [3.63, 3.8) is 0 Å². The van der Waals surface area contributed by atoms with Crippen molar-refractivity contribution in [3.05, 3.63) is 12.3 Å². The van der Waals surface area contributed by atoms with Crippen LogP contribution in [0.5, 0.6) is 0 Å². The molecule has 0 atom stereocenters. The van der Waals surface area contributed by atoms with E-state index in [4.69, 9.17) is 5.11 Å². The molecule has 0 aliphatic carbocycles. The van der Waals surface area contributed by atoms with Crippen molar-refractivity contribution in [2.45, 2.75) is 0 Å². The summed E-state index contributed by atoms with van der Waals surface area (Å²) in [5, 5.41) is 8.07. The predicted molar refractivity (Wildman–Crippen MR) is 31.9 cm³/mol. The Labute approximate surface area is 49.9 Å². The molecule has 0 amide bonds. The Morgan fingerprint density at radius 1 is 2.00 bits per heavy atom. The molecule has 0 saturated heterocycles. The molecule has 0 aliphatic rings. The van der Waals surface area contributed by atoms with Crippen LogP contribution in [0.25, 0.3) is 0 Å². The maximum Gasteiger partial charge on any atom is 0.318 e. The summed E-state index contributed by atoms with van der Waals surface area (Å²) in [5.74, 6) is -0.559. The van der Waals surface area contributed by atoms with Crippen LogP contribution in [0.2, 0.25) is 0 Å². The van der Waals surface area contributed by atoms with Gasteiger partial charge in [0.15, 0.2) is 0 Å². The van der Waals surface area contributed by atoms with Crippen molar-refractivity contribution >= 4 is 15.7 Å². The maximum absolute atomic E-state index is 10.1. The molecule has 8 heavy (non-hydrogen) atoms. The van der Waals surface area contributed by atoms with E-state index in [0.29, 0.717) is 0 Å². The average Bonchev–Trinajstić information content (AvgIpc) is 1.83. The summed E-state index contributed by atoms with van der Waals surface area (Å²) in [6.45, 7) is 2.84. The fourth-order valence-corrected chi connectivity index (χ4v) is 0.593. The normalized spacial score (nSPS) is 9.62. The summed E-state index contributed by atoms with van der Waals surface area (Å²) in [6.07, 6.45) is 0. The molecule has 0 heterocycles. The zero-order valence-electron chi connectivity index (χ0n) is 4.46. The second-order valence-electron chi connectivity index (χ2n) is 1.13. The first-order valence-corrected chi connectivity index (χ1v) is 3.58. The first-order valence-electron chi connectivity index (χ1n) is 2.18. The molecule has 4 heteroatoms. The van der Waals surface area contributed by atoms with Crippen molar-refractivity contribution in [3.8, 4) is 0 Å². The van der Waals surface area contributed by atoms with E-state index in [0.717, 1.165) is 0 Å². The predicted octanol–water partition coefficient (Wildman–Crippen LogP) is -1.25. The first-order chi connectivity index (χ1) is 3.81. The van der Waals surface area contributed by atoms with Crippen LogP contribution >= 0.6 is 0 Å². The van der Waals surface area contributed by atoms with Gasteiger partial charge in [0.25, 0.3) is 0 Å². The van der Waals surface area contributed by atoms with Gasteiger partial charge >= 0.3 is 5.97 Å². The molecular weight excluding hydrogens is 124 g/mol. The summed E-state index contributed by atoms with van der Waals surface area (Å²) >= 11 is 0. The molecule has 0 bridgehead atoms. The van der Waals surface area contributed by atoms with Gasteiger partial charge in [0.2, 0.25) is 9.76 Å². The van der Waals surface area contributed by atoms with Gasteiger partial charge in [0.1, 0.15) is 6.61 Å². The van der Waals surface area contributed by atoms with Crippen LogP contribution in [0.4, 0.5) is 0 Å². The molecule has 0 saturated carbocycles. The Balaban J connectivity index is 3.11. The summed E-state index contributed by atoms with van der Waals surface area (Å²) in [4.78, 5) is 10.1. The number of carbonyl (C=O) groups is 1. The van der Waals surface area contributed by atoms with Gasteiger partial charge in [-0.2, -0.15) is 0 Å². The van der Waals surface area contributed by atoms with Crippen LogP contribution in [0.3, 0.4) is 0 Å². The van der Waals surface area contributed by atoms with Crippen molar-refractivity contribution in [2.24, 2.45) is 0 Å². The minimum atomic E-state index is -0.882. The number of hydrogen-bond acceptors (Lipinski definition) is 3. The second-order valence-corrected chi connectivity index (χ2v) is 2.33. The topological polar surface area (TPSA) is 46.5 Å². The van der Waals surface area contributed by atoms with E-state index in [1.54, 1.807) is 5.70 Å². The van der Waals surface area contributed by atoms with Crippen molar-refractivity contribution in [2.75, 3.05) is 6.61 Å². The quantitative estimate of drug-likeness (QED) is 0.488. The van der Waals surface area contributed by atoms with Crippen molar-refractivity contribution in [1.29, 1.82) is 0 Å². The van der Waals surface area contributed by atoms with E-state index in [2.05, 4.69) is 11.0 Å². The Morgan fingerprint density at radius 2 is 2.62 bits per heavy atom. The van der Waals surface area contributed by atoms with Gasteiger partial charge in [-0.05, 0) is 0 Å². The Kier molecular flexibility index (Phi) is 4.20. The van der Waals surface area contributed by atoms with Crippen molar-refractivity contribution < 1.29 is 14.3 Å². The van der Waals surface area contributed by atoms with Gasteiger partial charge in [0, 0.05) is 0 Å². The first kappa shape index (κ1) is 7.39. The van der Waals surface area contributed by atoms with Crippen LogP contribution in [0, 0.1) is 0 Å². The standard InChI is InChI=1S/C4H8O3Si/c1-2-8-7-4(6)3-5/h2,5H,1,3,8H2. The number of rotatable bonds is 3. The summed E-state index contributed by atoms with van der Waals surface area (Å²) in [7, 11) is -0.882. The molecule has 0 aromatic heterocycles. The van der Waals surface area contributed by atoms with Gasteiger partial charge in [-0.3, -0.25) is 4.79 Å². The molecule has 0 unspecified atom stereocenters. The molecule has 0 spiro atoms. The summed E-state index contributed by atoms with van der Waals surface area (Å²) in [5.41, 5.74) is 1.58. The molecule has 0 aliphatic heterocycles. The average molecular weight is 132 g/mol. The van der Waals surface area contributed by atoms with Gasteiger partial charge in [-0.15, -0.1) is 6.58 Å². The molecule has 1 N–H and O–H groups in total. The van der Waals surface area contributed by atoms with Crippen molar-refractivity contribution in [1.82, 2.24) is 0 Å². The van der Waals surface area contributed by atoms with E-state index in [1.165, 1.54) is 0 Å². The van der Waals surface area contributed by atoms with Gasteiger partial charge in [-0.1, -0.05) is 5.70 Å². The molecule has 0 aromatic carbocycles. The highest BCUT2D eigenvalue weighted by molar-refractivity contribution is 6.36. The number of aliphatic hydroxyl groups excluding tert-OH is 1. The lowest BCUT2D eigenvalue weighted by Gasteiger charge is -1.94. The monoisotopic (exact) mass is 132 g/mol. The zero-order chi connectivity index (χ0) is 6.41. The van der Waals surface area contributed by atoms with E-state index >= 15 is 0 Å². The molecule has 0 fully saturated rings. The molecule has 0 aromatic rings. The van der Waals surface area contributed by atoms with Gasteiger partial charge < -0.3 is 9.53 Å². The number of aliphatic hydroxyl groups is 1. The maximum atomic E-state index is 10.1. The van der Waals surface area contributed by atoms with E-state index in [9.17, 15) is 4.79 Å². The second kappa shape index (κ2) is 4.54. The van der Waals surface area contributed by atoms with Crippen LogP contribution in [-0.2, 0) is 9.22 Å². The molecule has 46 valence electrons. The third kappa shape index (κ3) is 3.57. The van der Waals surface area contributed by atoms with E-state index in [-0.39, 0.29) is 0 Å². The third-order valence-corrected chi connectivity index (χ3v) is 1.22. The largest absolute Gasteiger partial charge is 0.519 e. The van der Waals surface area contributed by atoms with Crippen LogP contribution < -0.4 is 0 Å². The SMILES string of the molecule is C=C[SiH2]OC(=O)CO. The number of carbonyl (C=O) groups excluding carboxylic acids is 1. The lowest BCUT2D eigenvalue weighted by Crippen LogP contribution is -2.10. The molecular formula is C4H8O3Si. The smallest absolute Gasteiger partial charge is 0.318 e. The minimum Gasteiger partial charge on any atom is -0.519 e. The third-order valence-electron chi connectivity index (χ3n) is 0.491. The Morgan fingerprint density at radius 3 is 3.00 bits per heavy atom. The molecule has 0 rings (SSSR count). The van der Waals surface area contributed by atoms with Crippen LogP contribution in [-0.4, -0.2) is 27.4 Å². The van der Waals surface area contributed by atoms with Crippen LogP contribution in [0.15, 0.2) is 12.3 Å². The summed E-state index contributed by atoms with van der Waals surface area (Å²) < 4.78 is 4.47. The fourth-order valence-electron chi connectivity index (χ4n) is 0.198. The fraction of sp³-hybridized carbons (Fsp3) is 0.250. The minimum absolute atomic E-state index is 0.527. The Hall–Kier alpha value is -0.613. The lowest BCUT2D eigenvalue weighted by atomic mass is 10.8. The zero-order valence-corrected chi connectivity index (χ0v) is 5.88. The van der Waals surface area contributed by atoms with E-state index < -0.39 is 22.3 Å². The number of hydrogen-bond donors (Lipinski definition) is 1. The van der Waals surface area contributed by atoms with Gasteiger partial charge in [-0.25, -0.2) is 0 Å². The highest BCUT2D eigenvalue weighted by atomic mass is 28.2. The lowest BCUT2D eigenvalue weighted by molar-refractivity contribution is -0.137. The van der Waals surface area contributed by atoms with E-state index in [1.807, 2.05) is 0 Å². The highest BCUT2D eigenvalue weighted by Gasteiger charge is 1.93. The van der Waals surface area contributed by atoms with Crippen LogP contribution in [0.1, 0.15) is 0 Å². The highest BCUT2D eigenvalue weighted by Crippen LogP contribution is 1.71. The molecule has 3 nitrogen and oxygen atoms in total. The Bertz CT molecular complexity index is 91.3. The van der Waals surface area contributed by atoms with Gasteiger partial charge in [0.05, 0.1) is 0 Å². The summed E-state index contributed by atoms with van der Waals surface area (Å²) in [6, 6.07) is 0. The molecule has 0 radical (unpaired) electrons.